The van der Waals surface area contributed by atoms with Crippen LogP contribution in [0.25, 0.3) is 11.0 Å². The Morgan fingerprint density at radius 2 is 2.38 bits per heavy atom. The minimum Gasteiger partial charge on any atom is -0.330 e. The summed E-state index contributed by atoms with van der Waals surface area (Å²) in [5, 5.41) is 3.08. The molecule has 68 valence electrons. The first kappa shape index (κ1) is 8.19. The lowest BCUT2D eigenvalue weighted by Gasteiger charge is -1.99. The highest BCUT2D eigenvalue weighted by Crippen LogP contribution is 2.12. The molecule has 2 rings (SSSR count). The number of fused-ring (bicyclic) bond motifs is 1. The van der Waals surface area contributed by atoms with Gasteiger partial charge in [-0.2, -0.15) is 0 Å². The standard InChI is InChI=1S/C9H12N4/c1-10-6-9-12-7-5-11-4-3-8(7)13(9)2/h3-5,10H,6H2,1-2H3. The van der Waals surface area contributed by atoms with Gasteiger partial charge in [0.05, 0.1) is 18.3 Å². The first-order valence-corrected chi connectivity index (χ1v) is 4.23. The number of hydrogen-bond acceptors (Lipinski definition) is 3. The molecule has 0 aromatic carbocycles. The van der Waals surface area contributed by atoms with Crippen molar-refractivity contribution in [3.63, 3.8) is 0 Å². The van der Waals surface area contributed by atoms with Crippen molar-refractivity contribution >= 4 is 11.0 Å². The number of aryl methyl sites for hydroxylation is 1. The molecule has 0 saturated heterocycles. The molecule has 0 fully saturated rings. The third-order valence-electron chi connectivity index (χ3n) is 2.11. The minimum atomic E-state index is 0.783. The topological polar surface area (TPSA) is 42.7 Å². The van der Waals surface area contributed by atoms with Gasteiger partial charge in [0.2, 0.25) is 0 Å². The van der Waals surface area contributed by atoms with Gasteiger partial charge < -0.3 is 9.88 Å². The van der Waals surface area contributed by atoms with Gasteiger partial charge in [-0.15, -0.1) is 0 Å². The fourth-order valence-electron chi connectivity index (χ4n) is 1.42. The molecular weight excluding hydrogens is 164 g/mol. The minimum absolute atomic E-state index is 0.783. The molecule has 0 atom stereocenters. The largest absolute Gasteiger partial charge is 0.330 e. The van der Waals surface area contributed by atoms with Crippen LogP contribution in [0.15, 0.2) is 18.5 Å². The van der Waals surface area contributed by atoms with Crippen molar-refractivity contribution in [3.8, 4) is 0 Å². The van der Waals surface area contributed by atoms with Crippen molar-refractivity contribution in [2.75, 3.05) is 7.05 Å². The highest BCUT2D eigenvalue weighted by atomic mass is 15.1. The average molecular weight is 176 g/mol. The first-order valence-electron chi connectivity index (χ1n) is 4.23. The van der Waals surface area contributed by atoms with E-state index >= 15 is 0 Å². The summed E-state index contributed by atoms with van der Waals surface area (Å²) < 4.78 is 2.08. The van der Waals surface area contributed by atoms with Gasteiger partial charge in [-0.3, -0.25) is 4.98 Å². The van der Waals surface area contributed by atoms with E-state index in [-0.39, 0.29) is 0 Å². The summed E-state index contributed by atoms with van der Waals surface area (Å²) in [6.45, 7) is 0.783. The number of hydrogen-bond donors (Lipinski definition) is 1. The van der Waals surface area contributed by atoms with Crippen molar-refractivity contribution < 1.29 is 0 Å². The van der Waals surface area contributed by atoms with Crippen LogP contribution < -0.4 is 5.32 Å². The number of nitrogens with zero attached hydrogens (tertiary/aromatic N) is 3. The predicted molar refractivity (Wildman–Crippen MR) is 51.3 cm³/mol. The maximum atomic E-state index is 4.44. The van der Waals surface area contributed by atoms with E-state index in [1.807, 2.05) is 20.2 Å². The molecule has 0 amide bonds. The summed E-state index contributed by atoms with van der Waals surface area (Å²) in [6, 6.07) is 1.97. The van der Waals surface area contributed by atoms with E-state index in [0.717, 1.165) is 23.4 Å². The smallest absolute Gasteiger partial charge is 0.123 e. The second kappa shape index (κ2) is 3.14. The zero-order valence-electron chi connectivity index (χ0n) is 7.78. The van der Waals surface area contributed by atoms with E-state index in [0.29, 0.717) is 0 Å². The van der Waals surface area contributed by atoms with Gasteiger partial charge in [-0.25, -0.2) is 4.98 Å². The lowest BCUT2D eigenvalue weighted by Crippen LogP contribution is -2.10. The summed E-state index contributed by atoms with van der Waals surface area (Å²) in [5.74, 6) is 1.03. The lowest BCUT2D eigenvalue weighted by molar-refractivity contribution is 0.719. The maximum absolute atomic E-state index is 4.44. The fraction of sp³-hybridized carbons (Fsp3) is 0.333. The van der Waals surface area contributed by atoms with Crippen LogP contribution in [-0.2, 0) is 13.6 Å². The number of imidazole rings is 1. The second-order valence-corrected chi connectivity index (χ2v) is 2.98. The Balaban J connectivity index is 2.60. The Labute approximate surface area is 76.6 Å². The van der Waals surface area contributed by atoms with Gasteiger partial charge in [0.15, 0.2) is 0 Å². The van der Waals surface area contributed by atoms with E-state index in [2.05, 4.69) is 19.9 Å². The Bertz CT molecular complexity index is 418. The van der Waals surface area contributed by atoms with Crippen molar-refractivity contribution in [1.82, 2.24) is 19.9 Å². The zero-order valence-corrected chi connectivity index (χ0v) is 7.78. The van der Waals surface area contributed by atoms with Crippen LogP contribution in [0.3, 0.4) is 0 Å². The summed E-state index contributed by atoms with van der Waals surface area (Å²) in [5.41, 5.74) is 2.08. The van der Waals surface area contributed by atoms with Crippen LogP contribution >= 0.6 is 0 Å². The Hall–Kier alpha value is -1.42. The molecule has 2 heterocycles. The maximum Gasteiger partial charge on any atom is 0.123 e. The lowest BCUT2D eigenvalue weighted by atomic mass is 10.4. The van der Waals surface area contributed by atoms with Gasteiger partial charge in [0.25, 0.3) is 0 Å². The van der Waals surface area contributed by atoms with E-state index in [1.165, 1.54) is 0 Å². The Kier molecular flexibility index (Phi) is 1.98. The van der Waals surface area contributed by atoms with E-state index in [9.17, 15) is 0 Å². The molecule has 0 unspecified atom stereocenters. The van der Waals surface area contributed by atoms with Crippen molar-refractivity contribution in [1.29, 1.82) is 0 Å². The molecule has 0 bridgehead atoms. The van der Waals surface area contributed by atoms with Crippen molar-refractivity contribution in [2.45, 2.75) is 6.54 Å². The fourth-order valence-corrected chi connectivity index (χ4v) is 1.42. The van der Waals surface area contributed by atoms with Gasteiger partial charge in [0.1, 0.15) is 11.3 Å². The Morgan fingerprint density at radius 1 is 1.54 bits per heavy atom. The molecule has 13 heavy (non-hydrogen) atoms. The zero-order chi connectivity index (χ0) is 9.26. The van der Waals surface area contributed by atoms with Crippen LogP contribution in [0.2, 0.25) is 0 Å². The molecule has 2 aromatic rings. The number of rotatable bonds is 2. The molecule has 4 heteroatoms. The van der Waals surface area contributed by atoms with Crippen LogP contribution in [0.5, 0.6) is 0 Å². The van der Waals surface area contributed by atoms with E-state index < -0.39 is 0 Å². The van der Waals surface area contributed by atoms with Crippen molar-refractivity contribution in [2.24, 2.45) is 7.05 Å². The molecule has 4 nitrogen and oxygen atoms in total. The van der Waals surface area contributed by atoms with E-state index in [4.69, 9.17) is 0 Å². The van der Waals surface area contributed by atoms with Gasteiger partial charge >= 0.3 is 0 Å². The number of nitrogens with one attached hydrogen (secondary N) is 1. The van der Waals surface area contributed by atoms with Gasteiger partial charge in [0, 0.05) is 13.2 Å². The monoisotopic (exact) mass is 176 g/mol. The third kappa shape index (κ3) is 1.29. The molecule has 0 saturated carbocycles. The predicted octanol–water partition coefficient (Wildman–Crippen LogP) is 0.688. The quantitative estimate of drug-likeness (QED) is 0.732. The van der Waals surface area contributed by atoms with Crippen LogP contribution in [0, 0.1) is 0 Å². The van der Waals surface area contributed by atoms with Crippen LogP contribution in [0.4, 0.5) is 0 Å². The highest BCUT2D eigenvalue weighted by Gasteiger charge is 2.05. The number of pyridine rings is 1. The van der Waals surface area contributed by atoms with Gasteiger partial charge in [-0.05, 0) is 13.1 Å². The second-order valence-electron chi connectivity index (χ2n) is 2.98. The molecule has 0 aliphatic carbocycles. The van der Waals surface area contributed by atoms with Crippen molar-refractivity contribution in [3.05, 3.63) is 24.3 Å². The first-order chi connectivity index (χ1) is 6.33. The molecule has 1 N–H and O–H groups in total. The average Bonchev–Trinajstić information content (AvgIpc) is 2.46. The van der Waals surface area contributed by atoms with Crippen LogP contribution in [-0.4, -0.2) is 21.6 Å². The third-order valence-corrected chi connectivity index (χ3v) is 2.11. The molecule has 0 radical (unpaired) electrons. The van der Waals surface area contributed by atoms with Gasteiger partial charge in [-0.1, -0.05) is 0 Å². The molecule has 0 spiro atoms. The summed E-state index contributed by atoms with van der Waals surface area (Å²) in [4.78, 5) is 8.47. The molecule has 0 aliphatic rings. The van der Waals surface area contributed by atoms with Crippen LogP contribution in [0.1, 0.15) is 5.82 Å². The molecule has 0 aliphatic heterocycles. The summed E-state index contributed by atoms with van der Waals surface area (Å²) in [6.07, 6.45) is 3.57. The SMILES string of the molecule is CNCc1nc2cnccc2n1C. The Morgan fingerprint density at radius 3 is 3.08 bits per heavy atom. The molecular formula is C9H12N4. The normalized spacial score (nSPS) is 10.9. The number of aromatic nitrogens is 3. The van der Waals surface area contributed by atoms with E-state index in [1.54, 1.807) is 12.4 Å². The summed E-state index contributed by atoms with van der Waals surface area (Å²) in [7, 11) is 3.93. The summed E-state index contributed by atoms with van der Waals surface area (Å²) >= 11 is 0. The molecule has 2 aromatic heterocycles. The highest BCUT2D eigenvalue weighted by molar-refractivity contribution is 5.74.